The van der Waals surface area contributed by atoms with E-state index in [1.807, 2.05) is 19.9 Å². The van der Waals surface area contributed by atoms with E-state index in [4.69, 9.17) is 21.7 Å². The minimum absolute atomic E-state index is 0.113. The first-order chi connectivity index (χ1) is 15.0. The molecule has 3 aliphatic heterocycles. The zero-order valence-corrected chi connectivity index (χ0v) is 20.6. The van der Waals surface area contributed by atoms with Crippen LogP contribution in [0.25, 0.3) is 5.57 Å². The van der Waals surface area contributed by atoms with Crippen LogP contribution in [0.5, 0.6) is 0 Å². The van der Waals surface area contributed by atoms with Crippen LogP contribution in [0.3, 0.4) is 0 Å². The third-order valence-electron chi connectivity index (χ3n) is 5.82. The number of benzene rings is 1. The number of hydrogen-bond donors (Lipinski definition) is 0. The lowest BCUT2D eigenvalue weighted by molar-refractivity contribution is -0.138. The van der Waals surface area contributed by atoms with Gasteiger partial charge in [-0.1, -0.05) is 35.7 Å². The van der Waals surface area contributed by atoms with Crippen LogP contribution in [0.1, 0.15) is 40.9 Å². The van der Waals surface area contributed by atoms with Crippen molar-refractivity contribution >= 4 is 75.5 Å². The molecular formula is C22H19NO6S3. The number of thiocarbonyl (C=S) groups is 1. The van der Waals surface area contributed by atoms with Gasteiger partial charge in [0.15, 0.2) is 0 Å². The van der Waals surface area contributed by atoms with Gasteiger partial charge in [-0.15, -0.1) is 0 Å². The Morgan fingerprint density at radius 1 is 1.03 bits per heavy atom. The van der Waals surface area contributed by atoms with Crippen molar-refractivity contribution in [1.29, 1.82) is 0 Å². The van der Waals surface area contributed by atoms with Crippen molar-refractivity contribution in [3.05, 3.63) is 42.4 Å². The lowest BCUT2D eigenvalue weighted by atomic mass is 9.82. The quantitative estimate of drug-likeness (QED) is 0.267. The van der Waals surface area contributed by atoms with Gasteiger partial charge in [0.2, 0.25) is 0 Å². The Labute approximate surface area is 198 Å². The van der Waals surface area contributed by atoms with Crippen molar-refractivity contribution in [2.75, 3.05) is 19.1 Å². The zero-order valence-electron chi connectivity index (χ0n) is 18.2. The number of anilines is 1. The summed E-state index contributed by atoms with van der Waals surface area (Å²) < 4.78 is 10.3. The Hall–Kier alpha value is -2.43. The Kier molecular flexibility index (Phi) is 5.38. The molecule has 1 aromatic rings. The fraction of sp³-hybridized carbons (Fsp3) is 0.318. The minimum Gasteiger partial charge on any atom is -0.465 e. The number of esters is 2. The molecule has 0 radical (unpaired) electrons. The molecule has 3 heterocycles. The number of methoxy groups -OCH3 is 2. The molecule has 0 atom stereocenters. The van der Waals surface area contributed by atoms with E-state index in [-0.39, 0.29) is 9.81 Å². The molecule has 0 saturated carbocycles. The maximum absolute atomic E-state index is 13.0. The number of ether oxygens (including phenoxy) is 2. The number of Topliss-reactive ketones (excluding diaryl/α,β-unsaturated/α-hetero) is 1. The van der Waals surface area contributed by atoms with Gasteiger partial charge in [0.05, 0.1) is 40.1 Å². The first kappa shape index (κ1) is 22.8. The number of thioether (sulfide) groups is 2. The summed E-state index contributed by atoms with van der Waals surface area (Å²) in [6, 6.07) is 1.89. The molecule has 0 spiro atoms. The third-order valence-corrected chi connectivity index (χ3v) is 9.08. The van der Waals surface area contributed by atoms with Gasteiger partial charge in [0.25, 0.3) is 11.7 Å². The van der Waals surface area contributed by atoms with E-state index in [1.54, 1.807) is 13.8 Å². The largest absolute Gasteiger partial charge is 0.465 e. The van der Waals surface area contributed by atoms with E-state index < -0.39 is 29.2 Å². The van der Waals surface area contributed by atoms with Crippen molar-refractivity contribution in [3.8, 4) is 0 Å². The number of amides is 1. The van der Waals surface area contributed by atoms with Gasteiger partial charge in [-0.3, -0.25) is 14.5 Å². The third kappa shape index (κ3) is 2.93. The van der Waals surface area contributed by atoms with Crippen LogP contribution in [-0.2, 0) is 23.9 Å². The highest BCUT2D eigenvalue weighted by atomic mass is 32.2. The molecule has 0 N–H and O–H groups in total. The Bertz CT molecular complexity index is 1210. The highest BCUT2D eigenvalue weighted by Crippen LogP contribution is 2.57. The molecular weight excluding hydrogens is 470 g/mol. The highest BCUT2D eigenvalue weighted by molar-refractivity contribution is 8.29. The number of ketones is 1. The molecule has 3 aliphatic rings. The Balaban J connectivity index is 2.02. The average molecular weight is 490 g/mol. The molecule has 32 heavy (non-hydrogen) atoms. The van der Waals surface area contributed by atoms with Crippen LogP contribution >= 0.6 is 35.7 Å². The van der Waals surface area contributed by atoms with Crippen molar-refractivity contribution in [3.63, 3.8) is 0 Å². The molecule has 0 aliphatic carbocycles. The van der Waals surface area contributed by atoms with E-state index in [0.29, 0.717) is 31.5 Å². The highest BCUT2D eigenvalue weighted by Gasteiger charge is 2.53. The first-order valence-electron chi connectivity index (χ1n) is 9.56. The van der Waals surface area contributed by atoms with Crippen LogP contribution in [0.2, 0.25) is 0 Å². The van der Waals surface area contributed by atoms with Crippen molar-refractivity contribution in [1.82, 2.24) is 0 Å². The number of aryl methyl sites for hydroxylation is 1. The number of rotatable bonds is 2. The molecule has 10 heteroatoms. The van der Waals surface area contributed by atoms with Gasteiger partial charge in [0.1, 0.15) is 9.81 Å². The normalized spacial score (nSPS) is 19.1. The monoisotopic (exact) mass is 489 g/mol. The van der Waals surface area contributed by atoms with Gasteiger partial charge in [-0.2, -0.15) is 0 Å². The van der Waals surface area contributed by atoms with E-state index in [2.05, 4.69) is 0 Å². The maximum atomic E-state index is 13.0. The van der Waals surface area contributed by atoms with E-state index in [9.17, 15) is 19.2 Å². The van der Waals surface area contributed by atoms with Gasteiger partial charge in [0, 0.05) is 11.1 Å². The molecule has 4 rings (SSSR count). The average Bonchev–Trinajstić information content (AvgIpc) is 3.30. The second-order valence-electron chi connectivity index (χ2n) is 7.96. The summed E-state index contributed by atoms with van der Waals surface area (Å²) in [7, 11) is 2.47. The lowest BCUT2D eigenvalue weighted by Crippen LogP contribution is -2.54. The predicted octanol–water partition coefficient (Wildman–Crippen LogP) is 3.70. The molecule has 1 amide bonds. The van der Waals surface area contributed by atoms with E-state index >= 15 is 0 Å². The van der Waals surface area contributed by atoms with Crippen LogP contribution in [0, 0.1) is 13.8 Å². The molecule has 0 unspecified atom stereocenters. The summed E-state index contributed by atoms with van der Waals surface area (Å²) in [5.74, 6) is -2.48. The SMILES string of the molecule is COC(=O)C1=C(C(=O)OC)SC(=C2C(=S)C(C)(C)N3C(=O)C(=O)c4c(C)c(C)cc2c43)S1. The summed E-state index contributed by atoms with van der Waals surface area (Å²) in [6.07, 6.45) is 0. The second kappa shape index (κ2) is 7.57. The standard InChI is InChI=1S/C22H19NO6S3/c1-8-7-10-12(21-31-15(19(26)28-5)16(32-21)20(27)29-6)17(30)22(3,4)23-13(10)11(9(8)2)14(24)18(23)25/h7H,1-6H3. The number of carbonyl (C=O) groups excluding carboxylic acids is 4. The molecule has 0 saturated heterocycles. The Morgan fingerprint density at radius 3 is 2.06 bits per heavy atom. The minimum atomic E-state index is -0.967. The van der Waals surface area contributed by atoms with Crippen LogP contribution < -0.4 is 4.90 Å². The summed E-state index contributed by atoms with van der Waals surface area (Å²) >= 11 is 7.99. The molecule has 7 nitrogen and oxygen atoms in total. The zero-order chi connectivity index (χ0) is 23.7. The number of hydrogen-bond acceptors (Lipinski definition) is 9. The van der Waals surface area contributed by atoms with Gasteiger partial charge >= 0.3 is 11.9 Å². The number of nitrogens with zero attached hydrogens (tertiary/aromatic N) is 1. The first-order valence-corrected chi connectivity index (χ1v) is 11.6. The smallest absolute Gasteiger partial charge is 0.346 e. The van der Waals surface area contributed by atoms with Crippen LogP contribution in [0.15, 0.2) is 20.1 Å². The van der Waals surface area contributed by atoms with E-state index in [1.165, 1.54) is 19.1 Å². The van der Waals surface area contributed by atoms with Gasteiger partial charge < -0.3 is 9.47 Å². The maximum Gasteiger partial charge on any atom is 0.346 e. The summed E-state index contributed by atoms with van der Waals surface area (Å²) in [6.45, 7) is 7.26. The lowest BCUT2D eigenvalue weighted by Gasteiger charge is -2.42. The molecule has 1 aromatic carbocycles. The second-order valence-corrected chi connectivity index (χ2v) is 10.7. The molecule has 0 fully saturated rings. The molecule has 166 valence electrons. The predicted molar refractivity (Wildman–Crippen MR) is 128 cm³/mol. The van der Waals surface area contributed by atoms with Crippen molar-refractivity contribution in [2.24, 2.45) is 0 Å². The fourth-order valence-corrected chi connectivity index (χ4v) is 7.07. The molecule has 0 aromatic heterocycles. The topological polar surface area (TPSA) is 90.0 Å². The molecule has 0 bridgehead atoms. The number of carbonyl (C=O) groups is 4. The van der Waals surface area contributed by atoms with E-state index in [0.717, 1.165) is 34.7 Å². The summed E-state index contributed by atoms with van der Waals surface area (Å²) in [5.41, 5.74) is 2.77. The fourth-order valence-electron chi connectivity index (χ4n) is 4.03. The van der Waals surface area contributed by atoms with Gasteiger partial charge in [-0.05, 0) is 44.9 Å². The summed E-state index contributed by atoms with van der Waals surface area (Å²) in [4.78, 5) is 52.7. The van der Waals surface area contributed by atoms with Crippen molar-refractivity contribution < 1.29 is 28.7 Å². The van der Waals surface area contributed by atoms with Gasteiger partial charge in [-0.25, -0.2) is 9.59 Å². The van der Waals surface area contributed by atoms with Crippen LogP contribution in [-0.4, -0.2) is 48.3 Å². The van der Waals surface area contributed by atoms with Crippen molar-refractivity contribution in [2.45, 2.75) is 33.2 Å². The summed E-state index contributed by atoms with van der Waals surface area (Å²) in [5, 5.41) is 0. The Morgan fingerprint density at radius 2 is 1.56 bits per heavy atom. The van der Waals surface area contributed by atoms with Crippen LogP contribution in [0.4, 0.5) is 5.69 Å².